The van der Waals surface area contributed by atoms with Gasteiger partial charge in [0.15, 0.2) is 0 Å². The molecule has 1 saturated heterocycles. The highest BCUT2D eigenvalue weighted by molar-refractivity contribution is 7.85. The largest absolute Gasteiger partial charge is 0.497 e. The molecule has 2 aliphatic rings. The molecule has 3 rings (SSSR count). The number of hydrogen-bond donors (Lipinski definition) is 0. The average Bonchev–Trinajstić information content (AvgIpc) is 3.35. The highest BCUT2D eigenvalue weighted by Crippen LogP contribution is 2.49. The van der Waals surface area contributed by atoms with Gasteiger partial charge in [0.25, 0.3) is 0 Å². The minimum atomic E-state index is -0.678. The standard InChI is InChI=1S/C17H23NO3S/c1-18(13-6-8-22(20)9-7-13)17(19)16-11-15(16)12-4-3-5-14(10-12)21-2/h3-5,10,13,15-16H,6-9,11H2,1-2H3/t13?,15-,16+,22?/m0/s1. The van der Waals surface area contributed by atoms with Crippen molar-refractivity contribution in [2.45, 2.75) is 31.2 Å². The number of carbonyl (C=O) groups is 1. The quantitative estimate of drug-likeness (QED) is 0.854. The number of carbonyl (C=O) groups excluding carboxylic acids is 1. The third kappa shape index (κ3) is 3.19. The number of methoxy groups -OCH3 is 1. The van der Waals surface area contributed by atoms with Gasteiger partial charge < -0.3 is 9.64 Å². The van der Waals surface area contributed by atoms with Crippen LogP contribution in [0.25, 0.3) is 0 Å². The van der Waals surface area contributed by atoms with Gasteiger partial charge in [0.05, 0.1) is 7.11 Å². The maximum absolute atomic E-state index is 12.6. The fourth-order valence-electron chi connectivity index (χ4n) is 3.32. The molecular formula is C17H23NO3S. The Morgan fingerprint density at radius 2 is 2.05 bits per heavy atom. The topological polar surface area (TPSA) is 46.6 Å². The van der Waals surface area contributed by atoms with Gasteiger partial charge in [-0.3, -0.25) is 9.00 Å². The second-order valence-electron chi connectivity index (χ2n) is 6.25. The second-order valence-corrected chi connectivity index (χ2v) is 7.95. The lowest BCUT2D eigenvalue weighted by Gasteiger charge is -2.31. The molecule has 0 spiro atoms. The third-order valence-electron chi connectivity index (χ3n) is 4.88. The summed E-state index contributed by atoms with van der Waals surface area (Å²) in [6.07, 6.45) is 2.66. The molecule has 1 saturated carbocycles. The first kappa shape index (κ1) is 15.5. The molecule has 0 aromatic heterocycles. The van der Waals surface area contributed by atoms with E-state index in [1.54, 1.807) is 7.11 Å². The van der Waals surface area contributed by atoms with E-state index < -0.39 is 10.8 Å². The van der Waals surface area contributed by atoms with Crippen molar-refractivity contribution < 1.29 is 13.7 Å². The molecule has 1 amide bonds. The van der Waals surface area contributed by atoms with Crippen LogP contribution in [0.3, 0.4) is 0 Å². The summed E-state index contributed by atoms with van der Waals surface area (Å²) in [5.41, 5.74) is 1.19. The number of amides is 1. The zero-order chi connectivity index (χ0) is 15.7. The van der Waals surface area contributed by atoms with Crippen molar-refractivity contribution in [1.29, 1.82) is 0 Å². The Morgan fingerprint density at radius 3 is 2.73 bits per heavy atom. The molecule has 22 heavy (non-hydrogen) atoms. The van der Waals surface area contributed by atoms with Gasteiger partial charge in [0, 0.05) is 41.3 Å². The van der Waals surface area contributed by atoms with E-state index in [9.17, 15) is 9.00 Å². The van der Waals surface area contributed by atoms with Crippen LogP contribution in [0.1, 0.15) is 30.7 Å². The van der Waals surface area contributed by atoms with E-state index in [1.165, 1.54) is 5.56 Å². The van der Waals surface area contributed by atoms with Crippen molar-refractivity contribution in [1.82, 2.24) is 4.90 Å². The normalized spacial score (nSPS) is 30.6. The SMILES string of the molecule is COc1cccc([C@@H]2C[C@H]2C(=O)N(C)C2CCS(=O)CC2)c1. The molecule has 0 radical (unpaired) electrons. The Bertz CT molecular complexity index is 579. The summed E-state index contributed by atoms with van der Waals surface area (Å²) in [4.78, 5) is 14.5. The molecule has 0 N–H and O–H groups in total. The lowest BCUT2D eigenvalue weighted by molar-refractivity contribution is -0.133. The van der Waals surface area contributed by atoms with Gasteiger partial charge in [-0.1, -0.05) is 12.1 Å². The fraction of sp³-hybridized carbons (Fsp3) is 0.588. The molecule has 5 heteroatoms. The minimum Gasteiger partial charge on any atom is -0.497 e. The molecule has 120 valence electrons. The highest BCUT2D eigenvalue weighted by Gasteiger charge is 2.46. The van der Waals surface area contributed by atoms with Gasteiger partial charge in [-0.05, 0) is 42.9 Å². The van der Waals surface area contributed by atoms with Crippen molar-refractivity contribution in [2.75, 3.05) is 25.7 Å². The molecule has 1 aliphatic heterocycles. The molecule has 4 nitrogen and oxygen atoms in total. The van der Waals surface area contributed by atoms with E-state index in [-0.39, 0.29) is 17.9 Å². The van der Waals surface area contributed by atoms with Crippen LogP contribution < -0.4 is 4.74 Å². The van der Waals surface area contributed by atoms with Crippen molar-refractivity contribution in [3.63, 3.8) is 0 Å². The Kier molecular flexibility index (Phi) is 4.52. The lowest BCUT2D eigenvalue weighted by atomic mass is 10.1. The Hall–Kier alpha value is -1.36. The Labute approximate surface area is 134 Å². The molecular weight excluding hydrogens is 298 g/mol. The molecule has 0 bridgehead atoms. The number of nitrogens with zero attached hydrogens (tertiary/aromatic N) is 1. The minimum absolute atomic E-state index is 0.101. The number of hydrogen-bond acceptors (Lipinski definition) is 3. The zero-order valence-electron chi connectivity index (χ0n) is 13.2. The van der Waals surface area contributed by atoms with E-state index >= 15 is 0 Å². The van der Waals surface area contributed by atoms with Gasteiger partial charge >= 0.3 is 0 Å². The monoisotopic (exact) mass is 321 g/mol. The van der Waals surface area contributed by atoms with E-state index in [0.29, 0.717) is 5.92 Å². The van der Waals surface area contributed by atoms with E-state index in [4.69, 9.17) is 4.74 Å². The maximum Gasteiger partial charge on any atom is 0.226 e. The number of benzene rings is 1. The predicted octanol–water partition coefficient (Wildman–Crippen LogP) is 2.17. The first-order chi connectivity index (χ1) is 10.6. The molecule has 1 aliphatic carbocycles. The molecule has 2 atom stereocenters. The average molecular weight is 321 g/mol. The van der Waals surface area contributed by atoms with Crippen molar-refractivity contribution >= 4 is 16.7 Å². The van der Waals surface area contributed by atoms with Crippen LogP contribution in [-0.2, 0) is 15.6 Å². The summed E-state index contributed by atoms with van der Waals surface area (Å²) in [6.45, 7) is 0. The van der Waals surface area contributed by atoms with Crippen LogP contribution in [0, 0.1) is 5.92 Å². The van der Waals surface area contributed by atoms with Crippen LogP contribution in [0.15, 0.2) is 24.3 Å². The van der Waals surface area contributed by atoms with Gasteiger partial charge in [0.1, 0.15) is 5.75 Å². The first-order valence-electron chi connectivity index (χ1n) is 7.85. The van der Waals surface area contributed by atoms with Crippen LogP contribution >= 0.6 is 0 Å². The fourth-order valence-corrected chi connectivity index (χ4v) is 4.59. The summed E-state index contributed by atoms with van der Waals surface area (Å²) in [6, 6.07) is 8.27. The van der Waals surface area contributed by atoms with Gasteiger partial charge in [-0.15, -0.1) is 0 Å². The van der Waals surface area contributed by atoms with Crippen molar-refractivity contribution in [3.8, 4) is 5.75 Å². The smallest absolute Gasteiger partial charge is 0.226 e. The summed E-state index contributed by atoms with van der Waals surface area (Å²) in [7, 11) is 2.89. The van der Waals surface area contributed by atoms with Gasteiger partial charge in [0.2, 0.25) is 5.91 Å². The van der Waals surface area contributed by atoms with E-state index in [1.807, 2.05) is 30.1 Å². The van der Waals surface area contributed by atoms with Crippen LogP contribution in [0.4, 0.5) is 0 Å². The summed E-state index contributed by atoms with van der Waals surface area (Å²) in [5, 5.41) is 0. The lowest BCUT2D eigenvalue weighted by Crippen LogP contribution is -2.42. The molecule has 0 unspecified atom stereocenters. The zero-order valence-corrected chi connectivity index (χ0v) is 14.0. The number of ether oxygens (including phenoxy) is 1. The van der Waals surface area contributed by atoms with Crippen molar-refractivity contribution in [3.05, 3.63) is 29.8 Å². The van der Waals surface area contributed by atoms with Crippen LogP contribution in [0.2, 0.25) is 0 Å². The van der Waals surface area contributed by atoms with Gasteiger partial charge in [-0.2, -0.15) is 0 Å². The molecule has 2 fully saturated rings. The summed E-state index contributed by atoms with van der Waals surface area (Å²) >= 11 is 0. The second kappa shape index (κ2) is 6.41. The van der Waals surface area contributed by atoms with Crippen LogP contribution in [0.5, 0.6) is 5.75 Å². The van der Waals surface area contributed by atoms with Crippen LogP contribution in [-0.4, -0.2) is 46.7 Å². The van der Waals surface area contributed by atoms with E-state index in [0.717, 1.165) is 36.5 Å². The van der Waals surface area contributed by atoms with Crippen molar-refractivity contribution in [2.24, 2.45) is 5.92 Å². The highest BCUT2D eigenvalue weighted by atomic mass is 32.2. The molecule has 1 aromatic rings. The maximum atomic E-state index is 12.6. The summed E-state index contributed by atoms with van der Waals surface area (Å²) in [5.74, 6) is 2.97. The Morgan fingerprint density at radius 1 is 1.32 bits per heavy atom. The first-order valence-corrected chi connectivity index (χ1v) is 9.34. The van der Waals surface area contributed by atoms with E-state index in [2.05, 4.69) is 6.07 Å². The third-order valence-corrected chi connectivity index (χ3v) is 6.26. The number of rotatable bonds is 4. The van der Waals surface area contributed by atoms with Gasteiger partial charge in [-0.25, -0.2) is 0 Å². The summed E-state index contributed by atoms with van der Waals surface area (Å²) < 4.78 is 16.7. The predicted molar refractivity (Wildman–Crippen MR) is 87.5 cm³/mol. The molecule has 1 aromatic carbocycles. The Balaban J connectivity index is 1.61. The molecule has 1 heterocycles.